The number of halogens is 1. The average Bonchev–Trinajstić information content (AvgIpc) is 2.76. The van der Waals surface area contributed by atoms with Gasteiger partial charge in [-0.2, -0.15) is 0 Å². The van der Waals surface area contributed by atoms with Crippen LogP contribution in [-0.4, -0.2) is 42.2 Å². The summed E-state index contributed by atoms with van der Waals surface area (Å²) in [4.78, 5) is 18.0. The Morgan fingerprint density at radius 3 is 2.53 bits per heavy atom. The third kappa shape index (κ3) is 4.25. The highest BCUT2D eigenvalue weighted by Crippen LogP contribution is 2.40. The van der Waals surface area contributed by atoms with E-state index in [1.807, 2.05) is 30.5 Å². The number of nitrogens with zero attached hydrogens (tertiary/aromatic N) is 2. The molecule has 0 saturated carbocycles. The first kappa shape index (κ1) is 20.2. The minimum absolute atomic E-state index is 0.167. The summed E-state index contributed by atoms with van der Waals surface area (Å²) in [6.07, 6.45) is 3.62. The molecular weight excluding hydrogens is 400 g/mol. The normalized spacial score (nSPS) is 13.9. The zero-order valence-electron chi connectivity index (χ0n) is 16.7. The lowest BCUT2D eigenvalue weighted by atomic mass is 9.97. The van der Waals surface area contributed by atoms with E-state index in [0.29, 0.717) is 21.8 Å². The fourth-order valence-electron chi connectivity index (χ4n) is 3.65. The molecule has 0 bridgehead atoms. The topological polar surface area (TPSA) is 77.5 Å². The molecule has 2 heterocycles. The molecule has 0 spiro atoms. The SMILES string of the molecule is CC(=O)Nc1ccc(-c2cccc(-c3cncc(N4CCNCC4)c3)c2O)cc1Cl. The molecule has 6 nitrogen and oxygen atoms in total. The third-order valence-electron chi connectivity index (χ3n) is 5.14. The highest BCUT2D eigenvalue weighted by atomic mass is 35.5. The lowest BCUT2D eigenvalue weighted by Crippen LogP contribution is -2.43. The molecule has 0 unspecified atom stereocenters. The van der Waals surface area contributed by atoms with E-state index < -0.39 is 0 Å². The van der Waals surface area contributed by atoms with Crippen molar-refractivity contribution in [3.05, 3.63) is 59.9 Å². The van der Waals surface area contributed by atoms with E-state index in [4.69, 9.17) is 11.6 Å². The Morgan fingerprint density at radius 2 is 1.83 bits per heavy atom. The maximum absolute atomic E-state index is 11.3. The van der Waals surface area contributed by atoms with Crippen LogP contribution in [0, 0.1) is 0 Å². The standard InChI is InChI=1S/C23H23ClN4O2/c1-15(29)27-22-6-5-16(12-21(22)24)19-3-2-4-20(23(19)30)17-11-18(14-26-13-17)28-9-7-25-8-10-28/h2-6,11-14,25,30H,7-10H2,1H3,(H,27,29). The van der Waals surface area contributed by atoms with Gasteiger partial charge < -0.3 is 20.6 Å². The van der Waals surface area contributed by atoms with E-state index >= 15 is 0 Å². The van der Waals surface area contributed by atoms with Crippen LogP contribution in [0.4, 0.5) is 11.4 Å². The molecule has 1 aliphatic rings. The van der Waals surface area contributed by atoms with Crippen LogP contribution in [0.5, 0.6) is 5.75 Å². The van der Waals surface area contributed by atoms with Crippen LogP contribution in [0.15, 0.2) is 54.9 Å². The van der Waals surface area contributed by atoms with E-state index in [1.54, 1.807) is 18.3 Å². The van der Waals surface area contributed by atoms with Crippen LogP contribution < -0.4 is 15.5 Å². The summed E-state index contributed by atoms with van der Waals surface area (Å²) < 4.78 is 0. The van der Waals surface area contributed by atoms with Gasteiger partial charge in [0.2, 0.25) is 5.91 Å². The predicted molar refractivity (Wildman–Crippen MR) is 121 cm³/mol. The van der Waals surface area contributed by atoms with Gasteiger partial charge in [-0.3, -0.25) is 9.78 Å². The van der Waals surface area contributed by atoms with E-state index in [1.165, 1.54) is 6.92 Å². The van der Waals surface area contributed by atoms with Crippen molar-refractivity contribution in [2.75, 3.05) is 36.4 Å². The molecule has 1 aliphatic heterocycles. The second-order valence-corrected chi connectivity index (χ2v) is 7.65. The Bertz CT molecular complexity index is 1080. The number of hydrogen-bond acceptors (Lipinski definition) is 5. The quantitative estimate of drug-likeness (QED) is 0.589. The number of rotatable bonds is 4. The predicted octanol–water partition coefficient (Wildman–Crippen LogP) is 4.14. The maximum Gasteiger partial charge on any atom is 0.221 e. The number of benzene rings is 2. The molecule has 2 aromatic carbocycles. The molecule has 0 aliphatic carbocycles. The summed E-state index contributed by atoms with van der Waals surface area (Å²) in [5.41, 5.74) is 4.57. The van der Waals surface area contributed by atoms with Crippen molar-refractivity contribution in [1.82, 2.24) is 10.3 Å². The van der Waals surface area contributed by atoms with E-state index in [0.717, 1.165) is 43.0 Å². The Morgan fingerprint density at radius 1 is 1.10 bits per heavy atom. The van der Waals surface area contributed by atoms with Crippen LogP contribution in [0.1, 0.15) is 6.92 Å². The van der Waals surface area contributed by atoms with Gasteiger partial charge in [-0.05, 0) is 23.8 Å². The number of carbonyl (C=O) groups is 1. The minimum Gasteiger partial charge on any atom is -0.507 e. The van der Waals surface area contributed by atoms with Crippen molar-refractivity contribution in [2.24, 2.45) is 0 Å². The van der Waals surface area contributed by atoms with Crippen LogP contribution in [-0.2, 0) is 4.79 Å². The summed E-state index contributed by atoms with van der Waals surface area (Å²) in [6, 6.07) is 13.0. The Kier molecular flexibility index (Phi) is 5.88. The van der Waals surface area contributed by atoms with Crippen molar-refractivity contribution in [2.45, 2.75) is 6.92 Å². The van der Waals surface area contributed by atoms with Gasteiger partial charge in [0, 0.05) is 56.0 Å². The van der Waals surface area contributed by atoms with Crippen LogP contribution in [0.3, 0.4) is 0 Å². The first-order valence-electron chi connectivity index (χ1n) is 9.83. The van der Waals surface area contributed by atoms with Crippen LogP contribution >= 0.6 is 11.6 Å². The number of para-hydroxylation sites is 1. The van der Waals surface area contributed by atoms with Gasteiger partial charge in [0.25, 0.3) is 0 Å². The lowest BCUT2D eigenvalue weighted by Gasteiger charge is -2.29. The molecule has 154 valence electrons. The van der Waals surface area contributed by atoms with Gasteiger partial charge in [-0.15, -0.1) is 0 Å². The molecule has 1 aromatic heterocycles. The molecule has 0 radical (unpaired) electrons. The number of pyridine rings is 1. The number of phenolic OH excluding ortho intramolecular Hbond substituents is 1. The highest BCUT2D eigenvalue weighted by Gasteiger charge is 2.15. The number of carbonyl (C=O) groups excluding carboxylic acids is 1. The van der Waals surface area contributed by atoms with Crippen LogP contribution in [0.2, 0.25) is 5.02 Å². The summed E-state index contributed by atoms with van der Waals surface area (Å²) in [5.74, 6) is -0.0218. The van der Waals surface area contributed by atoms with Crippen LogP contribution in [0.25, 0.3) is 22.3 Å². The van der Waals surface area contributed by atoms with Gasteiger partial charge in [-0.25, -0.2) is 0 Å². The second-order valence-electron chi connectivity index (χ2n) is 7.25. The molecule has 1 saturated heterocycles. The average molecular weight is 423 g/mol. The third-order valence-corrected chi connectivity index (χ3v) is 5.46. The molecule has 1 fully saturated rings. The smallest absolute Gasteiger partial charge is 0.221 e. The first-order chi connectivity index (χ1) is 14.5. The van der Waals surface area contributed by atoms with Gasteiger partial charge in [0.1, 0.15) is 5.75 Å². The number of anilines is 2. The van der Waals surface area contributed by atoms with Crippen molar-refractivity contribution in [1.29, 1.82) is 0 Å². The van der Waals surface area contributed by atoms with Gasteiger partial charge in [-0.1, -0.05) is 35.9 Å². The summed E-state index contributed by atoms with van der Waals surface area (Å²) in [7, 11) is 0. The number of aromatic hydroxyl groups is 1. The molecule has 30 heavy (non-hydrogen) atoms. The number of phenols is 1. The molecular formula is C23H23ClN4O2. The molecule has 3 aromatic rings. The Balaban J connectivity index is 1.69. The zero-order valence-corrected chi connectivity index (χ0v) is 17.4. The number of amides is 1. The number of piperazine rings is 1. The largest absolute Gasteiger partial charge is 0.507 e. The molecule has 7 heteroatoms. The highest BCUT2D eigenvalue weighted by molar-refractivity contribution is 6.34. The summed E-state index contributed by atoms with van der Waals surface area (Å²) in [5, 5.41) is 17.5. The number of hydrogen-bond donors (Lipinski definition) is 3. The lowest BCUT2D eigenvalue weighted by molar-refractivity contribution is -0.114. The van der Waals surface area contributed by atoms with Crippen molar-refractivity contribution in [3.63, 3.8) is 0 Å². The van der Waals surface area contributed by atoms with Crippen molar-refractivity contribution >= 4 is 28.9 Å². The number of nitrogens with one attached hydrogen (secondary N) is 2. The fraction of sp³-hybridized carbons (Fsp3) is 0.217. The Labute approximate surface area is 180 Å². The van der Waals surface area contributed by atoms with Crippen molar-refractivity contribution in [3.8, 4) is 28.0 Å². The molecule has 4 rings (SSSR count). The summed E-state index contributed by atoms with van der Waals surface area (Å²) in [6.45, 7) is 5.18. The minimum atomic E-state index is -0.189. The Hall–Kier alpha value is -3.09. The zero-order chi connectivity index (χ0) is 21.1. The van der Waals surface area contributed by atoms with E-state index in [-0.39, 0.29) is 11.7 Å². The first-order valence-corrected chi connectivity index (χ1v) is 10.2. The van der Waals surface area contributed by atoms with E-state index in [9.17, 15) is 9.90 Å². The van der Waals surface area contributed by atoms with Gasteiger partial charge in [0.15, 0.2) is 0 Å². The molecule has 1 amide bonds. The van der Waals surface area contributed by atoms with Gasteiger partial charge >= 0.3 is 0 Å². The fourth-order valence-corrected chi connectivity index (χ4v) is 3.88. The van der Waals surface area contributed by atoms with E-state index in [2.05, 4.69) is 26.6 Å². The monoisotopic (exact) mass is 422 g/mol. The molecule has 3 N–H and O–H groups in total. The molecule has 0 atom stereocenters. The summed E-state index contributed by atoms with van der Waals surface area (Å²) >= 11 is 6.32. The maximum atomic E-state index is 11.3. The second kappa shape index (κ2) is 8.73. The van der Waals surface area contributed by atoms with Crippen molar-refractivity contribution < 1.29 is 9.90 Å². The number of aromatic nitrogens is 1. The van der Waals surface area contributed by atoms with Gasteiger partial charge in [0.05, 0.1) is 22.6 Å².